The van der Waals surface area contributed by atoms with Gasteiger partial charge in [0.1, 0.15) is 11.9 Å². The van der Waals surface area contributed by atoms with Crippen LogP contribution >= 0.6 is 0 Å². The molecule has 0 unspecified atom stereocenters. The van der Waals surface area contributed by atoms with Gasteiger partial charge in [0.15, 0.2) is 0 Å². The molecule has 1 rings (SSSR count). The Labute approximate surface area is 118 Å². The summed E-state index contributed by atoms with van der Waals surface area (Å²) in [5, 5.41) is 5.32. The zero-order valence-corrected chi connectivity index (χ0v) is 12.5. The molecule has 0 bridgehead atoms. The first-order valence-electron chi connectivity index (χ1n) is 6.49. The lowest BCUT2D eigenvalue weighted by molar-refractivity contribution is -0.131. The van der Waals surface area contributed by atoms with Gasteiger partial charge in [-0.25, -0.2) is 4.39 Å². The van der Waals surface area contributed by atoms with Crippen LogP contribution in [0.4, 0.5) is 10.1 Å². The minimum atomic E-state index is -0.661. The predicted molar refractivity (Wildman–Crippen MR) is 76.8 cm³/mol. The standard InChI is InChI=1S/C15H21FN2O2/c1-9-8-11(16)6-7-12(9)18-13(19)10(2)17-14(20)15(3,4)5/h6-8,10H,1-5H3,(H,17,20)(H,18,19)/t10-/m1/s1. The quantitative estimate of drug-likeness (QED) is 0.894. The van der Waals surface area contributed by atoms with Crippen LogP contribution in [0, 0.1) is 18.2 Å². The number of hydrogen-bond donors (Lipinski definition) is 2. The number of carbonyl (C=O) groups is 2. The van der Waals surface area contributed by atoms with Crippen molar-refractivity contribution in [2.75, 3.05) is 5.32 Å². The molecule has 0 saturated heterocycles. The van der Waals surface area contributed by atoms with Gasteiger partial charge < -0.3 is 10.6 Å². The van der Waals surface area contributed by atoms with E-state index in [4.69, 9.17) is 0 Å². The summed E-state index contributed by atoms with van der Waals surface area (Å²) in [5.41, 5.74) is 0.612. The number of aryl methyl sites for hydroxylation is 1. The van der Waals surface area contributed by atoms with Crippen LogP contribution in [0.3, 0.4) is 0 Å². The summed E-state index contributed by atoms with van der Waals surface area (Å²) in [6.45, 7) is 8.64. The first-order valence-corrected chi connectivity index (χ1v) is 6.49. The molecule has 1 aromatic rings. The molecule has 0 heterocycles. The molecule has 4 nitrogen and oxygen atoms in total. The van der Waals surface area contributed by atoms with Crippen molar-refractivity contribution >= 4 is 17.5 Å². The second kappa shape index (κ2) is 6.03. The number of nitrogens with one attached hydrogen (secondary N) is 2. The van der Waals surface area contributed by atoms with E-state index in [0.29, 0.717) is 11.3 Å². The minimum absolute atomic E-state index is 0.198. The molecule has 5 heteroatoms. The number of rotatable bonds is 3. The maximum Gasteiger partial charge on any atom is 0.246 e. The smallest absolute Gasteiger partial charge is 0.246 e. The Morgan fingerprint density at radius 2 is 1.85 bits per heavy atom. The molecule has 1 aromatic carbocycles. The van der Waals surface area contributed by atoms with Gasteiger partial charge in [-0.05, 0) is 37.6 Å². The first kappa shape index (κ1) is 16.1. The Kier molecular flexibility index (Phi) is 4.87. The minimum Gasteiger partial charge on any atom is -0.344 e. The fourth-order valence-electron chi connectivity index (χ4n) is 1.49. The molecule has 0 aliphatic carbocycles. The van der Waals surface area contributed by atoms with E-state index >= 15 is 0 Å². The topological polar surface area (TPSA) is 58.2 Å². The molecule has 2 amide bonds. The van der Waals surface area contributed by atoms with Gasteiger partial charge in [-0.2, -0.15) is 0 Å². The van der Waals surface area contributed by atoms with Gasteiger partial charge in [-0.1, -0.05) is 20.8 Å². The van der Waals surface area contributed by atoms with E-state index < -0.39 is 11.5 Å². The van der Waals surface area contributed by atoms with Gasteiger partial charge in [0.25, 0.3) is 0 Å². The predicted octanol–water partition coefficient (Wildman–Crippen LogP) is 2.62. The Hall–Kier alpha value is -1.91. The summed E-state index contributed by atoms with van der Waals surface area (Å²) < 4.78 is 13.0. The van der Waals surface area contributed by atoms with E-state index in [9.17, 15) is 14.0 Å². The summed E-state index contributed by atoms with van der Waals surface area (Å²) in [6.07, 6.45) is 0. The first-order chi connectivity index (χ1) is 9.11. The summed E-state index contributed by atoms with van der Waals surface area (Å²) in [5.74, 6) is -0.886. The summed E-state index contributed by atoms with van der Waals surface area (Å²) >= 11 is 0. The molecular weight excluding hydrogens is 259 g/mol. The van der Waals surface area contributed by atoms with Gasteiger partial charge in [0.05, 0.1) is 0 Å². The van der Waals surface area contributed by atoms with Gasteiger partial charge >= 0.3 is 0 Å². The van der Waals surface area contributed by atoms with Gasteiger partial charge in [0.2, 0.25) is 11.8 Å². The average Bonchev–Trinajstić information content (AvgIpc) is 2.31. The second-order valence-corrected chi connectivity index (χ2v) is 5.89. The zero-order chi connectivity index (χ0) is 15.5. The number of benzene rings is 1. The molecule has 2 N–H and O–H groups in total. The van der Waals surface area contributed by atoms with Crippen LogP contribution in [-0.2, 0) is 9.59 Å². The van der Waals surface area contributed by atoms with Crippen LogP contribution in [0.2, 0.25) is 0 Å². The van der Waals surface area contributed by atoms with Crippen LogP contribution in [-0.4, -0.2) is 17.9 Å². The van der Waals surface area contributed by atoms with Crippen molar-refractivity contribution in [3.8, 4) is 0 Å². The van der Waals surface area contributed by atoms with Crippen molar-refractivity contribution in [3.05, 3.63) is 29.6 Å². The Bertz CT molecular complexity index is 521. The number of amides is 2. The van der Waals surface area contributed by atoms with E-state index in [1.807, 2.05) is 0 Å². The molecular formula is C15H21FN2O2. The van der Waals surface area contributed by atoms with E-state index in [-0.39, 0.29) is 17.6 Å². The fourth-order valence-corrected chi connectivity index (χ4v) is 1.49. The Morgan fingerprint density at radius 3 is 2.35 bits per heavy atom. The molecule has 0 aromatic heterocycles. The maximum absolute atomic E-state index is 13.0. The van der Waals surface area contributed by atoms with Crippen LogP contribution in [0.15, 0.2) is 18.2 Å². The summed E-state index contributed by atoms with van der Waals surface area (Å²) in [6, 6.07) is 3.46. The molecule has 20 heavy (non-hydrogen) atoms. The molecule has 0 spiro atoms. The van der Waals surface area contributed by atoms with Crippen LogP contribution in [0.5, 0.6) is 0 Å². The molecule has 0 fully saturated rings. The number of halogens is 1. The van der Waals surface area contributed by atoms with Crippen LogP contribution < -0.4 is 10.6 Å². The highest BCUT2D eigenvalue weighted by molar-refractivity contribution is 5.97. The highest BCUT2D eigenvalue weighted by Gasteiger charge is 2.25. The molecule has 0 aliphatic rings. The maximum atomic E-state index is 13.0. The lowest BCUT2D eigenvalue weighted by Gasteiger charge is -2.21. The van der Waals surface area contributed by atoms with Crippen LogP contribution in [0.1, 0.15) is 33.3 Å². The molecule has 0 saturated carbocycles. The van der Waals surface area contributed by atoms with E-state index in [1.165, 1.54) is 18.2 Å². The third kappa shape index (κ3) is 4.33. The van der Waals surface area contributed by atoms with Crippen molar-refractivity contribution in [2.24, 2.45) is 5.41 Å². The highest BCUT2D eigenvalue weighted by atomic mass is 19.1. The SMILES string of the molecule is Cc1cc(F)ccc1NC(=O)[C@@H](C)NC(=O)C(C)(C)C. The lowest BCUT2D eigenvalue weighted by Crippen LogP contribution is -2.46. The van der Waals surface area contributed by atoms with Crippen molar-refractivity contribution in [2.45, 2.75) is 40.7 Å². The molecule has 0 aliphatic heterocycles. The number of hydrogen-bond acceptors (Lipinski definition) is 2. The van der Waals surface area contributed by atoms with Crippen LogP contribution in [0.25, 0.3) is 0 Å². The molecule has 0 radical (unpaired) electrons. The van der Waals surface area contributed by atoms with Gasteiger partial charge in [0, 0.05) is 11.1 Å². The summed E-state index contributed by atoms with van der Waals surface area (Å²) in [4.78, 5) is 23.8. The largest absolute Gasteiger partial charge is 0.344 e. The number of carbonyl (C=O) groups excluding carboxylic acids is 2. The monoisotopic (exact) mass is 280 g/mol. The van der Waals surface area contributed by atoms with Crippen molar-refractivity contribution < 1.29 is 14.0 Å². The van der Waals surface area contributed by atoms with E-state index in [0.717, 1.165) is 0 Å². The Balaban J connectivity index is 2.69. The molecule has 110 valence electrons. The second-order valence-electron chi connectivity index (χ2n) is 5.89. The lowest BCUT2D eigenvalue weighted by atomic mass is 9.95. The van der Waals surface area contributed by atoms with Crippen molar-refractivity contribution in [1.82, 2.24) is 5.32 Å². The third-order valence-corrected chi connectivity index (χ3v) is 2.87. The van der Waals surface area contributed by atoms with Gasteiger partial charge in [-0.3, -0.25) is 9.59 Å². The van der Waals surface area contributed by atoms with Crippen molar-refractivity contribution in [3.63, 3.8) is 0 Å². The average molecular weight is 280 g/mol. The highest BCUT2D eigenvalue weighted by Crippen LogP contribution is 2.16. The zero-order valence-electron chi connectivity index (χ0n) is 12.5. The Morgan fingerprint density at radius 1 is 1.25 bits per heavy atom. The normalized spacial score (nSPS) is 12.7. The third-order valence-electron chi connectivity index (χ3n) is 2.87. The summed E-state index contributed by atoms with van der Waals surface area (Å²) in [7, 11) is 0. The fraction of sp³-hybridized carbons (Fsp3) is 0.467. The van der Waals surface area contributed by atoms with E-state index in [2.05, 4.69) is 10.6 Å². The van der Waals surface area contributed by atoms with Crippen molar-refractivity contribution in [1.29, 1.82) is 0 Å². The van der Waals surface area contributed by atoms with Gasteiger partial charge in [-0.15, -0.1) is 0 Å². The van der Waals surface area contributed by atoms with E-state index in [1.54, 1.807) is 34.6 Å². The molecule has 1 atom stereocenters. The number of anilines is 1.